The van der Waals surface area contributed by atoms with Gasteiger partial charge in [-0.2, -0.15) is 5.10 Å². The molecule has 0 spiro atoms. The first-order valence-corrected chi connectivity index (χ1v) is 12.5. The molecule has 1 saturated carbocycles. The Hall–Kier alpha value is -2.84. The van der Waals surface area contributed by atoms with Gasteiger partial charge in [0.15, 0.2) is 0 Å². The summed E-state index contributed by atoms with van der Waals surface area (Å²) in [7, 11) is 2.01. The van der Waals surface area contributed by atoms with Gasteiger partial charge in [-0.3, -0.25) is 19.7 Å². The van der Waals surface area contributed by atoms with E-state index in [2.05, 4.69) is 37.4 Å². The van der Waals surface area contributed by atoms with Crippen LogP contribution < -0.4 is 5.32 Å². The lowest BCUT2D eigenvalue weighted by atomic mass is 9.82. The highest BCUT2D eigenvalue weighted by molar-refractivity contribution is 5.92. The Morgan fingerprint density at radius 1 is 1.12 bits per heavy atom. The number of carbonyl (C=O) groups is 1. The largest absolute Gasteiger partial charge is 0.396 e. The van der Waals surface area contributed by atoms with Crippen molar-refractivity contribution >= 4 is 22.8 Å². The normalized spacial score (nSPS) is 21.6. The van der Waals surface area contributed by atoms with E-state index in [1.54, 1.807) is 6.20 Å². The second-order valence-corrected chi connectivity index (χ2v) is 9.82. The summed E-state index contributed by atoms with van der Waals surface area (Å²) in [5.41, 5.74) is 4.22. The molecule has 180 valence electrons. The van der Waals surface area contributed by atoms with Gasteiger partial charge in [-0.25, -0.2) is 9.97 Å². The van der Waals surface area contributed by atoms with Crippen molar-refractivity contribution in [2.75, 3.05) is 25.0 Å². The van der Waals surface area contributed by atoms with Crippen LogP contribution in [-0.4, -0.2) is 55.4 Å². The number of anilines is 1. The summed E-state index contributed by atoms with van der Waals surface area (Å²) >= 11 is 0. The molecule has 2 aromatic heterocycles. The topological polar surface area (TPSA) is 96.2 Å². The molecule has 0 radical (unpaired) electrons. The Morgan fingerprint density at radius 2 is 1.91 bits per heavy atom. The van der Waals surface area contributed by atoms with Crippen molar-refractivity contribution in [2.45, 2.75) is 51.5 Å². The molecule has 0 bridgehead atoms. The van der Waals surface area contributed by atoms with Crippen molar-refractivity contribution in [1.29, 1.82) is 0 Å². The SMILES string of the molecule is Cn1ncc(-c2ccc3cnc(NC(=O)[C@H]4CC[C@H](CO)CC4)nc3c2)c1CN1CCCCC1. The number of piperidine rings is 1. The fraction of sp³-hybridized carbons (Fsp3) is 0.538. The van der Waals surface area contributed by atoms with Crippen molar-refractivity contribution in [3.63, 3.8) is 0 Å². The molecule has 0 atom stereocenters. The first kappa shape index (κ1) is 22.9. The van der Waals surface area contributed by atoms with Crippen LogP contribution in [0.2, 0.25) is 0 Å². The van der Waals surface area contributed by atoms with Crippen molar-refractivity contribution in [2.24, 2.45) is 18.9 Å². The number of benzene rings is 1. The van der Waals surface area contributed by atoms with Crippen LogP contribution in [-0.2, 0) is 18.4 Å². The summed E-state index contributed by atoms with van der Waals surface area (Å²) in [4.78, 5) is 24.3. The van der Waals surface area contributed by atoms with Crippen LogP contribution in [0.25, 0.3) is 22.0 Å². The minimum atomic E-state index is -0.0406. The van der Waals surface area contributed by atoms with Crippen molar-refractivity contribution < 1.29 is 9.90 Å². The van der Waals surface area contributed by atoms with Gasteiger partial charge in [0, 0.05) is 43.3 Å². The first-order chi connectivity index (χ1) is 16.6. The maximum atomic E-state index is 12.8. The van der Waals surface area contributed by atoms with Gasteiger partial charge < -0.3 is 5.11 Å². The van der Waals surface area contributed by atoms with Gasteiger partial charge in [-0.15, -0.1) is 0 Å². The smallest absolute Gasteiger partial charge is 0.229 e. The maximum Gasteiger partial charge on any atom is 0.229 e. The summed E-state index contributed by atoms with van der Waals surface area (Å²) in [5.74, 6) is 0.606. The molecule has 1 aromatic carbocycles. The minimum absolute atomic E-state index is 0.0250. The van der Waals surface area contributed by atoms with Crippen molar-refractivity contribution in [3.8, 4) is 11.1 Å². The van der Waals surface area contributed by atoms with Crippen molar-refractivity contribution in [3.05, 3.63) is 36.3 Å². The number of hydrogen-bond acceptors (Lipinski definition) is 6. The number of likely N-dealkylation sites (tertiary alicyclic amines) is 1. The summed E-state index contributed by atoms with van der Waals surface area (Å²) in [6, 6.07) is 6.19. The maximum absolute atomic E-state index is 12.8. The number of amides is 1. The Bertz CT molecular complexity index is 1150. The van der Waals surface area contributed by atoms with Gasteiger partial charge in [0.25, 0.3) is 0 Å². The summed E-state index contributed by atoms with van der Waals surface area (Å²) < 4.78 is 1.98. The third-order valence-corrected chi connectivity index (χ3v) is 7.49. The van der Waals surface area contributed by atoms with E-state index in [4.69, 9.17) is 0 Å². The van der Waals surface area contributed by atoms with E-state index < -0.39 is 0 Å². The highest BCUT2D eigenvalue weighted by Gasteiger charge is 2.26. The van der Waals surface area contributed by atoms with Crippen LogP contribution >= 0.6 is 0 Å². The van der Waals surface area contributed by atoms with Gasteiger partial charge >= 0.3 is 0 Å². The van der Waals surface area contributed by atoms with E-state index in [9.17, 15) is 9.90 Å². The zero-order valence-corrected chi connectivity index (χ0v) is 19.9. The second-order valence-electron chi connectivity index (χ2n) is 9.82. The van der Waals surface area contributed by atoms with E-state index in [-0.39, 0.29) is 18.4 Å². The van der Waals surface area contributed by atoms with Crippen LogP contribution in [0.5, 0.6) is 0 Å². The lowest BCUT2D eigenvalue weighted by Gasteiger charge is -2.26. The predicted octanol–water partition coefficient (Wildman–Crippen LogP) is 3.75. The second kappa shape index (κ2) is 10.2. The predicted molar refractivity (Wildman–Crippen MR) is 132 cm³/mol. The fourth-order valence-corrected chi connectivity index (χ4v) is 5.29. The number of rotatable bonds is 6. The molecule has 3 aromatic rings. The molecule has 3 heterocycles. The van der Waals surface area contributed by atoms with Gasteiger partial charge in [-0.05, 0) is 69.2 Å². The van der Waals surface area contributed by atoms with Crippen LogP contribution in [0.4, 0.5) is 5.95 Å². The number of aryl methyl sites for hydroxylation is 1. The monoisotopic (exact) mass is 462 g/mol. The molecular weight excluding hydrogens is 428 g/mol. The standard InChI is InChI=1S/C26H34N6O2/c1-31-24(16-32-11-3-2-4-12-32)22(15-28-31)20-9-10-21-14-27-26(29-23(21)13-20)30-25(34)19-7-5-18(17-33)6-8-19/h9-10,13-15,18-19,33H,2-8,11-12,16-17H2,1H3,(H,27,29,30,34)/t18-,19-. The number of hydrogen-bond donors (Lipinski definition) is 2. The molecule has 8 heteroatoms. The number of fused-ring (bicyclic) bond motifs is 1. The molecule has 1 saturated heterocycles. The van der Waals surface area contributed by atoms with Crippen LogP contribution in [0.1, 0.15) is 50.6 Å². The Balaban J connectivity index is 1.34. The molecule has 8 nitrogen and oxygen atoms in total. The number of carbonyl (C=O) groups excluding carboxylic acids is 1. The number of aromatic nitrogens is 4. The molecule has 0 unspecified atom stereocenters. The molecule has 5 rings (SSSR count). The average Bonchev–Trinajstić information content (AvgIpc) is 3.24. The molecule has 1 aliphatic heterocycles. The first-order valence-electron chi connectivity index (χ1n) is 12.5. The summed E-state index contributed by atoms with van der Waals surface area (Å²) in [5, 5.41) is 17.7. The van der Waals surface area contributed by atoms with Gasteiger partial charge in [0.1, 0.15) is 0 Å². The highest BCUT2D eigenvalue weighted by Crippen LogP contribution is 2.30. The summed E-state index contributed by atoms with van der Waals surface area (Å²) in [6.45, 7) is 3.38. The number of aliphatic hydroxyl groups excluding tert-OH is 1. The highest BCUT2D eigenvalue weighted by atomic mass is 16.3. The number of nitrogens with one attached hydrogen (secondary N) is 1. The lowest BCUT2D eigenvalue weighted by Crippen LogP contribution is -2.30. The lowest BCUT2D eigenvalue weighted by molar-refractivity contribution is -0.121. The Morgan fingerprint density at radius 3 is 2.68 bits per heavy atom. The van der Waals surface area contributed by atoms with Gasteiger partial charge in [0.05, 0.1) is 17.4 Å². The van der Waals surface area contributed by atoms with E-state index in [0.29, 0.717) is 11.9 Å². The quantitative estimate of drug-likeness (QED) is 0.579. The minimum Gasteiger partial charge on any atom is -0.396 e. The molecule has 2 aliphatic rings. The molecular formula is C26H34N6O2. The summed E-state index contributed by atoms with van der Waals surface area (Å²) in [6.07, 6.45) is 10.9. The Labute approximate surface area is 200 Å². The van der Waals surface area contributed by atoms with E-state index in [0.717, 1.165) is 67.3 Å². The third kappa shape index (κ3) is 4.98. The zero-order chi connectivity index (χ0) is 23.5. The van der Waals surface area contributed by atoms with Crippen molar-refractivity contribution in [1.82, 2.24) is 24.6 Å². The van der Waals surface area contributed by atoms with Gasteiger partial charge in [-0.1, -0.05) is 18.6 Å². The van der Waals surface area contributed by atoms with E-state index in [1.165, 1.54) is 25.0 Å². The molecule has 1 amide bonds. The van der Waals surface area contributed by atoms with Crippen LogP contribution in [0, 0.1) is 11.8 Å². The van der Waals surface area contributed by atoms with Crippen LogP contribution in [0.3, 0.4) is 0 Å². The number of aliphatic hydroxyl groups is 1. The van der Waals surface area contributed by atoms with E-state index in [1.807, 2.05) is 24.0 Å². The molecule has 1 aliphatic carbocycles. The Kier molecular flexibility index (Phi) is 6.87. The van der Waals surface area contributed by atoms with Crippen LogP contribution in [0.15, 0.2) is 30.6 Å². The molecule has 34 heavy (non-hydrogen) atoms. The number of nitrogens with zero attached hydrogens (tertiary/aromatic N) is 5. The third-order valence-electron chi connectivity index (χ3n) is 7.49. The zero-order valence-electron chi connectivity index (χ0n) is 19.9. The average molecular weight is 463 g/mol. The fourth-order valence-electron chi connectivity index (χ4n) is 5.29. The van der Waals surface area contributed by atoms with E-state index >= 15 is 0 Å². The van der Waals surface area contributed by atoms with Gasteiger partial charge in [0.2, 0.25) is 11.9 Å². The molecule has 2 N–H and O–H groups in total. The molecule has 2 fully saturated rings.